The number of carbonyl (C=O) groups is 1. The maximum Gasteiger partial charge on any atom is 0.222 e. The van der Waals surface area contributed by atoms with Gasteiger partial charge in [-0.1, -0.05) is 24.3 Å². The maximum atomic E-state index is 12.0. The van der Waals surface area contributed by atoms with E-state index in [2.05, 4.69) is 29.7 Å². The van der Waals surface area contributed by atoms with E-state index in [-0.39, 0.29) is 5.91 Å². The van der Waals surface area contributed by atoms with Crippen molar-refractivity contribution in [2.24, 2.45) is 10.9 Å². The molecule has 1 atom stereocenters. The molecule has 0 bridgehead atoms. The molecule has 2 aliphatic rings. The maximum absolute atomic E-state index is 12.0. The van der Waals surface area contributed by atoms with Crippen molar-refractivity contribution in [3.8, 4) is 0 Å². The van der Waals surface area contributed by atoms with Crippen molar-refractivity contribution < 1.29 is 14.3 Å². The van der Waals surface area contributed by atoms with E-state index in [0.717, 1.165) is 76.8 Å². The molecule has 2 saturated heterocycles. The van der Waals surface area contributed by atoms with Gasteiger partial charge in [0, 0.05) is 51.7 Å². The quantitative estimate of drug-likeness (QED) is 0.329. The molecule has 0 aliphatic carbocycles. The Morgan fingerprint density at radius 2 is 2.17 bits per heavy atom. The SMILES string of the molecule is CCNC(=NCc1ccccc1CN1CCCC1=O)NCCCOCC1CCOC1. The van der Waals surface area contributed by atoms with Gasteiger partial charge in [0.15, 0.2) is 5.96 Å². The second-order valence-electron chi connectivity index (χ2n) is 7.97. The van der Waals surface area contributed by atoms with Crippen molar-refractivity contribution in [1.29, 1.82) is 0 Å². The second kappa shape index (κ2) is 12.5. The Morgan fingerprint density at radius 3 is 2.90 bits per heavy atom. The second-order valence-corrected chi connectivity index (χ2v) is 7.97. The smallest absolute Gasteiger partial charge is 0.222 e. The van der Waals surface area contributed by atoms with Crippen molar-refractivity contribution in [2.75, 3.05) is 46.1 Å². The first-order chi connectivity index (χ1) is 14.8. The fourth-order valence-corrected chi connectivity index (χ4v) is 3.79. The van der Waals surface area contributed by atoms with Crippen LogP contribution in [0, 0.1) is 5.92 Å². The van der Waals surface area contributed by atoms with Crippen LogP contribution in [-0.4, -0.2) is 62.8 Å². The lowest BCUT2D eigenvalue weighted by Crippen LogP contribution is -2.38. The van der Waals surface area contributed by atoms with Crippen LogP contribution in [0.25, 0.3) is 0 Å². The number of amides is 1. The normalized spacial score (nSPS) is 19.5. The lowest BCUT2D eigenvalue weighted by Gasteiger charge is -2.18. The molecule has 2 heterocycles. The van der Waals surface area contributed by atoms with Gasteiger partial charge in [0.25, 0.3) is 0 Å². The Labute approximate surface area is 180 Å². The Bertz CT molecular complexity index is 689. The topological polar surface area (TPSA) is 75.2 Å². The van der Waals surface area contributed by atoms with Crippen LogP contribution in [-0.2, 0) is 27.4 Å². The molecule has 30 heavy (non-hydrogen) atoms. The van der Waals surface area contributed by atoms with Gasteiger partial charge >= 0.3 is 0 Å². The molecule has 1 aromatic rings. The molecule has 7 heteroatoms. The standard InChI is InChI=1S/C23H36N4O3/c1-2-24-23(25-11-6-13-29-17-19-10-14-30-18-19)26-15-20-7-3-4-8-21(20)16-27-12-5-9-22(27)28/h3-4,7-8,19H,2,5-6,9-18H2,1H3,(H2,24,25,26). The summed E-state index contributed by atoms with van der Waals surface area (Å²) in [5.41, 5.74) is 2.34. The Balaban J connectivity index is 1.44. The van der Waals surface area contributed by atoms with Crippen LogP contribution in [0.4, 0.5) is 0 Å². The van der Waals surface area contributed by atoms with Crippen LogP contribution in [0.1, 0.15) is 43.7 Å². The van der Waals surface area contributed by atoms with Gasteiger partial charge in [-0.15, -0.1) is 0 Å². The van der Waals surface area contributed by atoms with Crippen molar-refractivity contribution in [3.05, 3.63) is 35.4 Å². The van der Waals surface area contributed by atoms with Gasteiger partial charge in [0.1, 0.15) is 0 Å². The summed E-state index contributed by atoms with van der Waals surface area (Å²) in [7, 11) is 0. The highest BCUT2D eigenvalue weighted by atomic mass is 16.5. The van der Waals surface area contributed by atoms with Gasteiger partial charge in [-0.05, 0) is 37.3 Å². The first kappa shape index (κ1) is 22.6. The highest BCUT2D eigenvalue weighted by Gasteiger charge is 2.20. The van der Waals surface area contributed by atoms with Gasteiger partial charge in [-0.3, -0.25) is 4.79 Å². The number of hydrogen-bond donors (Lipinski definition) is 2. The first-order valence-electron chi connectivity index (χ1n) is 11.3. The molecule has 2 N–H and O–H groups in total. The lowest BCUT2D eigenvalue weighted by molar-refractivity contribution is -0.128. The minimum atomic E-state index is 0.256. The van der Waals surface area contributed by atoms with Gasteiger partial charge in [-0.2, -0.15) is 0 Å². The van der Waals surface area contributed by atoms with E-state index in [1.165, 1.54) is 5.56 Å². The Hall–Kier alpha value is -2.12. The number of ether oxygens (including phenoxy) is 2. The summed E-state index contributed by atoms with van der Waals surface area (Å²) in [6.45, 7) is 9.07. The number of hydrogen-bond acceptors (Lipinski definition) is 4. The highest BCUT2D eigenvalue weighted by Crippen LogP contribution is 2.18. The van der Waals surface area contributed by atoms with Crippen LogP contribution >= 0.6 is 0 Å². The predicted molar refractivity (Wildman–Crippen MR) is 118 cm³/mol. The number of aliphatic imine (C=N–C) groups is 1. The van der Waals surface area contributed by atoms with E-state index in [1.54, 1.807) is 0 Å². The van der Waals surface area contributed by atoms with Crippen LogP contribution in [0.3, 0.4) is 0 Å². The van der Waals surface area contributed by atoms with Gasteiger partial charge < -0.3 is 25.0 Å². The number of nitrogens with zero attached hydrogens (tertiary/aromatic N) is 2. The van der Waals surface area contributed by atoms with Gasteiger partial charge in [0.2, 0.25) is 5.91 Å². The summed E-state index contributed by atoms with van der Waals surface area (Å²) >= 11 is 0. The van der Waals surface area contributed by atoms with Gasteiger partial charge in [-0.25, -0.2) is 4.99 Å². The number of likely N-dealkylation sites (tertiary alicyclic amines) is 1. The molecule has 3 rings (SSSR count). The summed E-state index contributed by atoms with van der Waals surface area (Å²) in [5, 5.41) is 6.69. The fraction of sp³-hybridized carbons (Fsp3) is 0.652. The van der Waals surface area contributed by atoms with E-state index in [1.807, 2.05) is 17.0 Å². The predicted octanol–water partition coefficient (Wildman–Crippen LogP) is 2.31. The van der Waals surface area contributed by atoms with Gasteiger partial charge in [0.05, 0.1) is 19.8 Å². The molecule has 0 saturated carbocycles. The third-order valence-corrected chi connectivity index (χ3v) is 5.54. The molecule has 2 aliphatic heterocycles. The fourth-order valence-electron chi connectivity index (χ4n) is 3.79. The number of benzene rings is 1. The number of rotatable bonds is 11. The van der Waals surface area contributed by atoms with E-state index < -0.39 is 0 Å². The van der Waals surface area contributed by atoms with Crippen LogP contribution in [0.5, 0.6) is 0 Å². The summed E-state index contributed by atoms with van der Waals surface area (Å²) < 4.78 is 11.1. The third kappa shape index (κ3) is 7.29. The highest BCUT2D eigenvalue weighted by molar-refractivity contribution is 5.79. The molecular formula is C23H36N4O3. The molecule has 1 amide bonds. The average Bonchev–Trinajstić information content (AvgIpc) is 3.41. The van der Waals surface area contributed by atoms with E-state index in [9.17, 15) is 4.79 Å². The summed E-state index contributed by atoms with van der Waals surface area (Å²) in [6, 6.07) is 8.27. The summed E-state index contributed by atoms with van der Waals surface area (Å²) in [4.78, 5) is 18.7. The molecule has 1 aromatic carbocycles. The monoisotopic (exact) mass is 416 g/mol. The van der Waals surface area contributed by atoms with E-state index in [0.29, 0.717) is 25.4 Å². The van der Waals surface area contributed by atoms with Crippen molar-refractivity contribution in [1.82, 2.24) is 15.5 Å². The molecular weight excluding hydrogens is 380 g/mol. The molecule has 0 spiro atoms. The third-order valence-electron chi connectivity index (χ3n) is 5.54. The summed E-state index contributed by atoms with van der Waals surface area (Å²) in [6.07, 6.45) is 3.69. The number of carbonyl (C=O) groups excluding carboxylic acids is 1. The number of nitrogens with one attached hydrogen (secondary N) is 2. The number of guanidine groups is 1. The molecule has 0 radical (unpaired) electrons. The average molecular weight is 417 g/mol. The zero-order valence-electron chi connectivity index (χ0n) is 18.2. The van der Waals surface area contributed by atoms with E-state index >= 15 is 0 Å². The minimum Gasteiger partial charge on any atom is -0.381 e. The molecule has 166 valence electrons. The van der Waals surface area contributed by atoms with Crippen molar-refractivity contribution >= 4 is 11.9 Å². The van der Waals surface area contributed by atoms with Crippen LogP contribution in [0.15, 0.2) is 29.3 Å². The molecule has 7 nitrogen and oxygen atoms in total. The van der Waals surface area contributed by atoms with Crippen LogP contribution in [0.2, 0.25) is 0 Å². The zero-order valence-corrected chi connectivity index (χ0v) is 18.2. The Kier molecular flexibility index (Phi) is 9.44. The molecule has 1 unspecified atom stereocenters. The van der Waals surface area contributed by atoms with E-state index in [4.69, 9.17) is 14.5 Å². The molecule has 0 aromatic heterocycles. The lowest BCUT2D eigenvalue weighted by atomic mass is 10.1. The van der Waals surface area contributed by atoms with Crippen molar-refractivity contribution in [2.45, 2.75) is 45.7 Å². The zero-order chi connectivity index (χ0) is 21.0. The summed E-state index contributed by atoms with van der Waals surface area (Å²) in [5.74, 6) is 1.63. The largest absolute Gasteiger partial charge is 0.381 e. The Morgan fingerprint density at radius 1 is 1.30 bits per heavy atom. The molecule has 2 fully saturated rings. The van der Waals surface area contributed by atoms with Crippen LogP contribution < -0.4 is 10.6 Å². The first-order valence-corrected chi connectivity index (χ1v) is 11.3. The minimum absolute atomic E-state index is 0.256. The van der Waals surface area contributed by atoms with Crippen molar-refractivity contribution in [3.63, 3.8) is 0 Å².